The normalized spacial score (nSPS) is 18.5. The first kappa shape index (κ1) is 38.4. The molecule has 3 aliphatic rings. The van der Waals surface area contributed by atoms with Gasteiger partial charge in [-0.3, -0.25) is 14.9 Å². The maximum absolute atomic E-state index is 15.6. The van der Waals surface area contributed by atoms with E-state index < -0.39 is 41.0 Å². The minimum Gasteiger partial charge on any atom is -0.496 e. The lowest BCUT2D eigenvalue weighted by atomic mass is 9.93. The molecule has 3 aromatic carbocycles. The average Bonchev–Trinajstić information content (AvgIpc) is 3.68. The Morgan fingerprint density at radius 3 is 2.42 bits per heavy atom. The second-order valence-corrected chi connectivity index (χ2v) is 14.4. The molecule has 0 radical (unpaired) electrons. The molecule has 10 nitrogen and oxygen atoms in total. The minimum atomic E-state index is -4.82. The van der Waals surface area contributed by atoms with Gasteiger partial charge in [-0.1, -0.05) is 48.0 Å². The predicted octanol–water partition coefficient (Wildman–Crippen LogP) is 7.39. The molecule has 15 heteroatoms. The number of alkyl halides is 3. The molecule has 1 aliphatic heterocycles. The van der Waals surface area contributed by atoms with E-state index in [-0.39, 0.29) is 36.5 Å². The van der Waals surface area contributed by atoms with Crippen LogP contribution in [0.5, 0.6) is 17.5 Å². The number of pyridine rings is 1. The van der Waals surface area contributed by atoms with E-state index in [0.717, 1.165) is 17.2 Å². The van der Waals surface area contributed by atoms with E-state index in [1.807, 2.05) is 12.1 Å². The highest BCUT2D eigenvalue weighted by molar-refractivity contribution is 6.36. The Kier molecular flexibility index (Phi) is 10.7. The van der Waals surface area contributed by atoms with Crippen molar-refractivity contribution in [1.29, 1.82) is 0 Å². The van der Waals surface area contributed by atoms with E-state index in [2.05, 4.69) is 20.9 Å². The molecule has 7 rings (SSSR count). The van der Waals surface area contributed by atoms with Crippen LogP contribution in [0.3, 0.4) is 0 Å². The van der Waals surface area contributed by atoms with Crippen LogP contribution in [0.15, 0.2) is 54.6 Å². The third-order valence-corrected chi connectivity index (χ3v) is 10.9. The molecule has 2 atom stereocenters. The zero-order valence-electron chi connectivity index (χ0n) is 30.0. The fourth-order valence-corrected chi connectivity index (χ4v) is 7.72. The molecule has 0 bridgehead atoms. The Balaban J connectivity index is 1.14. The molecule has 4 aromatic rings. The molecule has 2 heterocycles. The van der Waals surface area contributed by atoms with E-state index in [1.165, 1.54) is 20.3 Å². The second-order valence-electron chi connectivity index (χ2n) is 14.0. The van der Waals surface area contributed by atoms with E-state index in [1.54, 1.807) is 30.3 Å². The Labute approximate surface area is 319 Å². The number of hydrogen-bond donors (Lipinski definition) is 4. The molecule has 1 saturated heterocycles. The highest BCUT2D eigenvalue weighted by atomic mass is 35.5. The van der Waals surface area contributed by atoms with Gasteiger partial charge in [0.05, 0.1) is 19.2 Å². The summed E-state index contributed by atoms with van der Waals surface area (Å²) in [5.74, 6) is -1.97. The van der Waals surface area contributed by atoms with Crippen LogP contribution in [0.25, 0.3) is 22.3 Å². The molecular formula is C40H39ClF4N4O6. The monoisotopic (exact) mass is 782 g/mol. The van der Waals surface area contributed by atoms with E-state index in [9.17, 15) is 27.9 Å². The first-order valence-corrected chi connectivity index (χ1v) is 18.3. The van der Waals surface area contributed by atoms with Crippen LogP contribution in [0.4, 0.5) is 17.6 Å². The number of carbonyl (C=O) groups excluding carboxylic acids is 1. The first-order valence-electron chi connectivity index (χ1n) is 17.9. The third kappa shape index (κ3) is 7.80. The highest BCUT2D eigenvalue weighted by Gasteiger charge is 2.50. The summed E-state index contributed by atoms with van der Waals surface area (Å²) in [5.41, 5.74) is 2.12. The number of rotatable bonds is 14. The predicted molar refractivity (Wildman–Crippen MR) is 196 cm³/mol. The summed E-state index contributed by atoms with van der Waals surface area (Å²) in [6.45, 7) is 0.493. The van der Waals surface area contributed by atoms with E-state index in [0.29, 0.717) is 83.7 Å². The van der Waals surface area contributed by atoms with Gasteiger partial charge in [0.1, 0.15) is 28.8 Å². The van der Waals surface area contributed by atoms with Crippen molar-refractivity contribution in [3.63, 3.8) is 0 Å². The number of halogens is 5. The van der Waals surface area contributed by atoms with Crippen molar-refractivity contribution in [3.8, 4) is 39.8 Å². The summed E-state index contributed by atoms with van der Waals surface area (Å²) in [6, 6.07) is 14.9. The van der Waals surface area contributed by atoms with E-state index in [4.69, 9.17) is 25.8 Å². The molecule has 4 N–H and O–H groups in total. The van der Waals surface area contributed by atoms with Crippen LogP contribution >= 0.6 is 11.6 Å². The molecular weight excluding hydrogens is 744 g/mol. The number of methoxy groups -OCH3 is 2. The lowest BCUT2D eigenvalue weighted by molar-refractivity contribution is -0.141. The van der Waals surface area contributed by atoms with Gasteiger partial charge in [0, 0.05) is 54.4 Å². The summed E-state index contributed by atoms with van der Waals surface area (Å²) >= 11 is 7.07. The Bertz CT molecular complexity index is 2140. The quantitative estimate of drug-likeness (QED) is 0.0968. The molecule has 55 heavy (non-hydrogen) atoms. The van der Waals surface area contributed by atoms with Crippen molar-refractivity contribution in [1.82, 2.24) is 20.9 Å². The number of fused-ring (bicyclic) bond motifs is 1. The first-order chi connectivity index (χ1) is 26.3. The molecule has 2 aliphatic carbocycles. The van der Waals surface area contributed by atoms with Crippen LogP contribution < -0.4 is 30.2 Å². The SMILES string of the molecule is COc1cc(-c2cccc(-c3cccc4c3CC[C@@H]4Oc3nc(OC)c(CNC4(C(=O)O)CC4)cc3C(F)(F)F)c2Cl)cc(F)c1CNC[C@@H]1CCC(=O)N1. The highest BCUT2D eigenvalue weighted by Crippen LogP contribution is 2.46. The molecule has 0 unspecified atom stereocenters. The zero-order valence-corrected chi connectivity index (χ0v) is 30.8. The standard InChI is InChI=1S/C40H39ClF4N4O6/c1-53-33-17-21(16-31(42)29(33)20-46-19-23-9-12-34(50)48-23)24-5-3-8-28(35(24)41)25-6-4-7-27-26(25)10-11-32(27)55-37-30(40(43,44)45)15-22(36(49-37)54-2)18-47-39(13-14-39)38(51)52/h3-8,15-17,23,32,46-47H,9-14,18-20H2,1-2H3,(H,48,50)(H,51,52)/t23-,32-/m0/s1. The lowest BCUT2D eigenvalue weighted by Crippen LogP contribution is -2.38. The number of hydrogen-bond acceptors (Lipinski definition) is 8. The van der Waals surface area contributed by atoms with Crippen molar-refractivity contribution in [2.45, 2.75) is 75.5 Å². The Morgan fingerprint density at radius 2 is 1.75 bits per heavy atom. The molecule has 0 spiro atoms. The van der Waals surface area contributed by atoms with E-state index >= 15 is 4.39 Å². The van der Waals surface area contributed by atoms with Gasteiger partial charge in [0.2, 0.25) is 17.7 Å². The summed E-state index contributed by atoms with van der Waals surface area (Å²) in [5, 5.41) is 18.8. The van der Waals surface area contributed by atoms with Gasteiger partial charge in [-0.25, -0.2) is 4.39 Å². The van der Waals surface area contributed by atoms with Crippen molar-refractivity contribution in [3.05, 3.63) is 93.3 Å². The summed E-state index contributed by atoms with van der Waals surface area (Å²) in [7, 11) is 2.74. The van der Waals surface area contributed by atoms with Crippen molar-refractivity contribution in [2.75, 3.05) is 20.8 Å². The van der Waals surface area contributed by atoms with Gasteiger partial charge in [-0.2, -0.15) is 18.2 Å². The molecule has 1 amide bonds. The summed E-state index contributed by atoms with van der Waals surface area (Å²) in [6.07, 6.45) is -2.83. The third-order valence-electron chi connectivity index (χ3n) is 10.5. The van der Waals surface area contributed by atoms with Crippen LogP contribution in [0.2, 0.25) is 5.02 Å². The van der Waals surface area contributed by atoms with Gasteiger partial charge in [-0.05, 0) is 72.6 Å². The number of carboxylic acids is 1. The van der Waals surface area contributed by atoms with Crippen LogP contribution in [-0.4, -0.2) is 54.3 Å². The van der Waals surface area contributed by atoms with Crippen molar-refractivity contribution < 1.29 is 46.5 Å². The molecule has 1 aromatic heterocycles. The smallest absolute Gasteiger partial charge is 0.421 e. The van der Waals surface area contributed by atoms with Gasteiger partial charge in [0.25, 0.3) is 0 Å². The Hall–Kier alpha value is -4.92. The lowest BCUT2D eigenvalue weighted by Gasteiger charge is -2.21. The van der Waals surface area contributed by atoms with Crippen molar-refractivity contribution >= 4 is 23.5 Å². The fraction of sp³-hybridized carbons (Fsp3) is 0.375. The number of carboxylic acid groups (broad SMARTS) is 1. The van der Waals surface area contributed by atoms with Crippen molar-refractivity contribution in [2.24, 2.45) is 0 Å². The number of aliphatic carboxylic acids is 1. The largest absolute Gasteiger partial charge is 0.496 e. The van der Waals surface area contributed by atoms with Crippen LogP contribution in [-0.2, 0) is 35.3 Å². The van der Waals surface area contributed by atoms with Gasteiger partial charge in [0.15, 0.2) is 0 Å². The topological polar surface area (TPSA) is 131 Å². The number of carbonyl (C=O) groups is 2. The molecule has 1 saturated carbocycles. The summed E-state index contributed by atoms with van der Waals surface area (Å²) in [4.78, 5) is 27.3. The average molecular weight is 783 g/mol. The maximum atomic E-state index is 15.6. The number of nitrogens with zero attached hydrogens (tertiary/aromatic N) is 1. The number of amides is 1. The molecule has 2 fully saturated rings. The maximum Gasteiger partial charge on any atom is 0.421 e. The summed E-state index contributed by atoms with van der Waals surface area (Å²) < 4.78 is 75.9. The van der Waals surface area contributed by atoms with Crippen LogP contribution in [0.1, 0.15) is 66.0 Å². The minimum absolute atomic E-state index is 0.00383. The fourth-order valence-electron chi connectivity index (χ4n) is 7.39. The zero-order chi connectivity index (χ0) is 39.1. The number of ether oxygens (including phenoxy) is 3. The Morgan fingerprint density at radius 1 is 1.00 bits per heavy atom. The van der Waals surface area contributed by atoms with Gasteiger partial charge >= 0.3 is 12.1 Å². The van der Waals surface area contributed by atoms with Gasteiger partial charge < -0.3 is 30.0 Å². The number of aromatic nitrogens is 1. The second kappa shape index (κ2) is 15.3. The van der Waals surface area contributed by atoms with Gasteiger partial charge in [-0.15, -0.1) is 0 Å². The van der Waals surface area contributed by atoms with Crippen LogP contribution in [0, 0.1) is 5.82 Å². The number of nitrogens with one attached hydrogen (secondary N) is 3. The number of benzene rings is 3. The molecule has 290 valence electrons.